The molecule has 0 atom stereocenters. The van der Waals surface area contributed by atoms with E-state index in [2.05, 4.69) is 21.6 Å². The smallest absolute Gasteiger partial charge is 0.276 e. The van der Waals surface area contributed by atoms with Gasteiger partial charge in [-0.3, -0.25) is 9.89 Å². The van der Waals surface area contributed by atoms with E-state index in [1.807, 2.05) is 26.0 Å². The summed E-state index contributed by atoms with van der Waals surface area (Å²) >= 11 is 0. The fraction of sp³-hybridized carbons (Fsp3) is 0.333. The summed E-state index contributed by atoms with van der Waals surface area (Å²) in [6.07, 6.45) is 3.05. The fourth-order valence-electron chi connectivity index (χ4n) is 2.64. The molecule has 4 heteroatoms. The maximum atomic E-state index is 12.3. The van der Waals surface area contributed by atoms with Crippen LogP contribution in [0.1, 0.15) is 39.3 Å². The van der Waals surface area contributed by atoms with Crippen LogP contribution in [0.15, 0.2) is 18.2 Å². The maximum absolute atomic E-state index is 12.3. The van der Waals surface area contributed by atoms with Crippen LogP contribution in [-0.2, 0) is 12.8 Å². The van der Waals surface area contributed by atoms with Crippen molar-refractivity contribution in [1.29, 1.82) is 0 Å². The molecule has 1 aromatic carbocycles. The minimum Gasteiger partial charge on any atom is -0.320 e. The SMILES string of the molecule is Cc1ccc(NC(=O)c2n[nH]c3c2CCC3)c(C)c1. The van der Waals surface area contributed by atoms with Crippen LogP contribution >= 0.6 is 0 Å². The van der Waals surface area contributed by atoms with Crippen LogP contribution in [0.2, 0.25) is 0 Å². The van der Waals surface area contributed by atoms with Gasteiger partial charge in [-0.1, -0.05) is 17.7 Å². The number of amides is 1. The number of carbonyl (C=O) groups excluding carboxylic acids is 1. The van der Waals surface area contributed by atoms with Gasteiger partial charge < -0.3 is 5.32 Å². The van der Waals surface area contributed by atoms with Crippen molar-refractivity contribution in [1.82, 2.24) is 10.2 Å². The summed E-state index contributed by atoms with van der Waals surface area (Å²) in [5.41, 5.74) is 5.86. The van der Waals surface area contributed by atoms with E-state index in [1.165, 1.54) is 5.56 Å². The second-order valence-electron chi connectivity index (χ2n) is 5.16. The van der Waals surface area contributed by atoms with E-state index in [-0.39, 0.29) is 5.91 Å². The van der Waals surface area contributed by atoms with Crippen LogP contribution in [0.5, 0.6) is 0 Å². The highest BCUT2D eigenvalue weighted by atomic mass is 16.1. The third-order valence-corrected chi connectivity index (χ3v) is 3.65. The first-order chi connectivity index (χ1) is 9.15. The Bertz CT molecular complexity index is 643. The molecular weight excluding hydrogens is 238 g/mol. The molecule has 2 aromatic rings. The fourth-order valence-corrected chi connectivity index (χ4v) is 2.64. The monoisotopic (exact) mass is 255 g/mol. The molecule has 0 unspecified atom stereocenters. The van der Waals surface area contributed by atoms with Gasteiger partial charge in [0.05, 0.1) is 0 Å². The van der Waals surface area contributed by atoms with Crippen molar-refractivity contribution >= 4 is 11.6 Å². The van der Waals surface area contributed by atoms with Gasteiger partial charge in [-0.05, 0) is 44.7 Å². The molecule has 19 heavy (non-hydrogen) atoms. The number of carbonyl (C=O) groups is 1. The Balaban J connectivity index is 1.85. The number of anilines is 1. The lowest BCUT2D eigenvalue weighted by Crippen LogP contribution is -2.15. The first kappa shape index (κ1) is 12.0. The molecule has 98 valence electrons. The largest absolute Gasteiger partial charge is 0.320 e. The number of benzene rings is 1. The van der Waals surface area contributed by atoms with Gasteiger partial charge in [0, 0.05) is 16.9 Å². The Morgan fingerprint density at radius 2 is 2.16 bits per heavy atom. The second-order valence-corrected chi connectivity index (χ2v) is 5.16. The van der Waals surface area contributed by atoms with Gasteiger partial charge in [0.15, 0.2) is 5.69 Å². The predicted molar refractivity (Wildman–Crippen MR) is 74.5 cm³/mol. The summed E-state index contributed by atoms with van der Waals surface area (Å²) in [5.74, 6) is -0.119. The normalized spacial score (nSPS) is 13.4. The van der Waals surface area contributed by atoms with Crippen LogP contribution in [0.4, 0.5) is 5.69 Å². The van der Waals surface area contributed by atoms with Crippen molar-refractivity contribution in [2.45, 2.75) is 33.1 Å². The van der Waals surface area contributed by atoms with Crippen LogP contribution in [0.3, 0.4) is 0 Å². The zero-order valence-electron chi connectivity index (χ0n) is 11.2. The molecule has 1 aliphatic rings. The van der Waals surface area contributed by atoms with Crippen LogP contribution in [0.25, 0.3) is 0 Å². The number of aromatic nitrogens is 2. The van der Waals surface area contributed by atoms with E-state index in [0.29, 0.717) is 5.69 Å². The van der Waals surface area contributed by atoms with Crippen LogP contribution in [0, 0.1) is 13.8 Å². The number of fused-ring (bicyclic) bond motifs is 1. The van der Waals surface area contributed by atoms with E-state index < -0.39 is 0 Å². The summed E-state index contributed by atoms with van der Waals surface area (Å²) in [6, 6.07) is 6.00. The number of aryl methyl sites for hydroxylation is 3. The van der Waals surface area contributed by atoms with Gasteiger partial charge in [0.25, 0.3) is 5.91 Å². The molecule has 0 fully saturated rings. The molecule has 0 saturated heterocycles. The van der Waals surface area contributed by atoms with Gasteiger partial charge in [-0.25, -0.2) is 0 Å². The Morgan fingerprint density at radius 3 is 2.95 bits per heavy atom. The maximum Gasteiger partial charge on any atom is 0.276 e. The first-order valence-corrected chi connectivity index (χ1v) is 6.60. The Hall–Kier alpha value is -2.10. The van der Waals surface area contributed by atoms with E-state index in [0.717, 1.165) is 41.8 Å². The minimum absolute atomic E-state index is 0.119. The van der Waals surface area contributed by atoms with Gasteiger partial charge in [-0.2, -0.15) is 5.10 Å². The number of nitrogens with one attached hydrogen (secondary N) is 2. The third-order valence-electron chi connectivity index (χ3n) is 3.65. The van der Waals surface area contributed by atoms with Crippen molar-refractivity contribution < 1.29 is 4.79 Å². The number of nitrogens with zero attached hydrogens (tertiary/aromatic N) is 1. The molecule has 3 rings (SSSR count). The van der Waals surface area contributed by atoms with E-state index in [4.69, 9.17) is 0 Å². The second kappa shape index (κ2) is 4.53. The molecule has 0 bridgehead atoms. The first-order valence-electron chi connectivity index (χ1n) is 6.60. The molecule has 1 aliphatic carbocycles. The van der Waals surface area contributed by atoms with Crippen molar-refractivity contribution in [3.8, 4) is 0 Å². The zero-order chi connectivity index (χ0) is 13.4. The highest BCUT2D eigenvalue weighted by Gasteiger charge is 2.23. The molecule has 0 radical (unpaired) electrons. The van der Waals surface area contributed by atoms with Gasteiger partial charge in [0.1, 0.15) is 0 Å². The number of H-pyrrole nitrogens is 1. The lowest BCUT2D eigenvalue weighted by atomic mass is 10.1. The van der Waals surface area contributed by atoms with Gasteiger partial charge in [-0.15, -0.1) is 0 Å². The van der Waals surface area contributed by atoms with Crippen LogP contribution in [-0.4, -0.2) is 16.1 Å². The van der Waals surface area contributed by atoms with Gasteiger partial charge >= 0.3 is 0 Å². The average Bonchev–Trinajstić information content (AvgIpc) is 2.94. The summed E-state index contributed by atoms with van der Waals surface area (Å²) in [4.78, 5) is 12.3. The van der Waals surface area contributed by atoms with Crippen molar-refractivity contribution in [2.24, 2.45) is 0 Å². The third kappa shape index (κ3) is 2.14. The lowest BCUT2D eigenvalue weighted by Gasteiger charge is -2.08. The van der Waals surface area contributed by atoms with E-state index >= 15 is 0 Å². The molecule has 0 spiro atoms. The summed E-state index contributed by atoms with van der Waals surface area (Å²) in [6.45, 7) is 4.04. The molecular formula is C15H17N3O. The van der Waals surface area contributed by atoms with E-state index in [1.54, 1.807) is 0 Å². The number of aromatic amines is 1. The van der Waals surface area contributed by atoms with Crippen molar-refractivity contribution in [3.63, 3.8) is 0 Å². The highest BCUT2D eigenvalue weighted by molar-refractivity contribution is 6.04. The Kier molecular flexibility index (Phi) is 2.85. The number of hydrogen-bond acceptors (Lipinski definition) is 2. The van der Waals surface area contributed by atoms with Crippen molar-refractivity contribution in [3.05, 3.63) is 46.3 Å². The molecule has 0 saturated carbocycles. The summed E-state index contributed by atoms with van der Waals surface area (Å²) in [5, 5.41) is 10.1. The molecule has 1 amide bonds. The summed E-state index contributed by atoms with van der Waals surface area (Å²) in [7, 11) is 0. The number of hydrogen-bond donors (Lipinski definition) is 2. The molecule has 1 heterocycles. The van der Waals surface area contributed by atoms with Crippen molar-refractivity contribution in [2.75, 3.05) is 5.32 Å². The van der Waals surface area contributed by atoms with E-state index in [9.17, 15) is 4.79 Å². The molecule has 1 aromatic heterocycles. The quantitative estimate of drug-likeness (QED) is 0.867. The molecule has 2 N–H and O–H groups in total. The molecule has 0 aliphatic heterocycles. The van der Waals surface area contributed by atoms with Crippen LogP contribution < -0.4 is 5.32 Å². The zero-order valence-corrected chi connectivity index (χ0v) is 11.2. The molecule has 4 nitrogen and oxygen atoms in total. The lowest BCUT2D eigenvalue weighted by molar-refractivity contribution is 0.102. The van der Waals surface area contributed by atoms with Gasteiger partial charge in [0.2, 0.25) is 0 Å². The summed E-state index contributed by atoms with van der Waals surface area (Å²) < 4.78 is 0. The predicted octanol–water partition coefficient (Wildman–Crippen LogP) is 2.77. The highest BCUT2D eigenvalue weighted by Crippen LogP contribution is 2.24. The number of rotatable bonds is 2. The topological polar surface area (TPSA) is 57.8 Å². The minimum atomic E-state index is -0.119. The average molecular weight is 255 g/mol. The standard InChI is InChI=1S/C15H17N3O/c1-9-6-7-12(10(2)8-9)16-15(19)14-11-4-3-5-13(11)17-18-14/h6-8H,3-5H2,1-2H3,(H,16,19)(H,17,18). The Labute approximate surface area is 112 Å². The Morgan fingerprint density at radius 1 is 1.32 bits per heavy atom.